The first-order valence-electron chi connectivity index (χ1n) is 8.01. The Morgan fingerprint density at radius 3 is 2.52 bits per heavy atom. The number of likely N-dealkylation sites (N-methyl/N-ethyl adjacent to an activating group) is 1. The van der Waals surface area contributed by atoms with E-state index in [0.29, 0.717) is 6.04 Å². The molecule has 1 saturated carbocycles. The van der Waals surface area contributed by atoms with Crippen LogP contribution >= 0.6 is 0 Å². The van der Waals surface area contributed by atoms with Gasteiger partial charge < -0.3 is 15.1 Å². The predicted octanol–water partition coefficient (Wildman–Crippen LogP) is 2.86. The summed E-state index contributed by atoms with van der Waals surface area (Å²) in [4.78, 5) is 4.45. The van der Waals surface area contributed by atoms with Gasteiger partial charge in [0.2, 0.25) is 0 Å². The highest BCUT2D eigenvalue weighted by atomic mass is 19.1. The van der Waals surface area contributed by atoms with Crippen LogP contribution in [-0.2, 0) is 6.54 Å². The highest BCUT2D eigenvalue weighted by Gasteiger charge is 2.20. The minimum absolute atomic E-state index is 0.133. The molecule has 2 rings (SSSR count). The molecule has 1 aromatic carbocycles. The number of hydrogen-bond donors (Lipinski definition) is 1. The molecule has 0 aliphatic heterocycles. The summed E-state index contributed by atoms with van der Waals surface area (Å²) in [6.45, 7) is 5.80. The second kappa shape index (κ2) is 7.76. The van der Waals surface area contributed by atoms with Gasteiger partial charge in [0.15, 0.2) is 0 Å². The van der Waals surface area contributed by atoms with Gasteiger partial charge in [-0.25, -0.2) is 4.39 Å². The molecule has 0 radical (unpaired) electrons. The van der Waals surface area contributed by atoms with Crippen LogP contribution in [0, 0.1) is 5.82 Å². The Morgan fingerprint density at radius 1 is 1.14 bits per heavy atom. The van der Waals surface area contributed by atoms with Gasteiger partial charge in [-0.1, -0.05) is 6.92 Å². The first-order valence-corrected chi connectivity index (χ1v) is 8.01. The third-order valence-corrected chi connectivity index (χ3v) is 3.79. The van der Waals surface area contributed by atoms with Gasteiger partial charge >= 0.3 is 0 Å². The molecule has 4 heteroatoms. The molecule has 0 unspecified atom stereocenters. The molecule has 3 nitrogen and oxygen atoms in total. The molecule has 0 amide bonds. The summed E-state index contributed by atoms with van der Waals surface area (Å²) in [5.41, 5.74) is 2.05. The number of hydrogen-bond acceptors (Lipinski definition) is 3. The van der Waals surface area contributed by atoms with Crippen LogP contribution in [0.1, 0.15) is 31.7 Å². The fourth-order valence-electron chi connectivity index (χ4n) is 2.43. The lowest BCUT2D eigenvalue weighted by Gasteiger charge is -2.26. The average Bonchev–Trinajstić information content (AvgIpc) is 3.24. The number of halogens is 1. The first kappa shape index (κ1) is 16.2. The molecule has 118 valence electrons. The summed E-state index contributed by atoms with van der Waals surface area (Å²) in [7, 11) is 4.14. The van der Waals surface area contributed by atoms with Crippen LogP contribution in [-0.4, -0.2) is 44.7 Å². The number of anilines is 1. The van der Waals surface area contributed by atoms with Gasteiger partial charge in [0.25, 0.3) is 0 Å². The molecule has 0 saturated heterocycles. The molecular formula is C17H28FN3. The van der Waals surface area contributed by atoms with E-state index < -0.39 is 0 Å². The highest BCUT2D eigenvalue weighted by molar-refractivity contribution is 5.49. The van der Waals surface area contributed by atoms with Crippen LogP contribution in [0.3, 0.4) is 0 Å². The van der Waals surface area contributed by atoms with Gasteiger partial charge in [0.1, 0.15) is 5.82 Å². The molecule has 1 aliphatic rings. The van der Waals surface area contributed by atoms with Crippen LogP contribution in [0.15, 0.2) is 18.2 Å². The van der Waals surface area contributed by atoms with Crippen LogP contribution in [0.2, 0.25) is 0 Å². The minimum atomic E-state index is -0.133. The molecule has 1 N–H and O–H groups in total. The molecule has 0 spiro atoms. The van der Waals surface area contributed by atoms with Crippen LogP contribution in [0.4, 0.5) is 10.1 Å². The van der Waals surface area contributed by atoms with E-state index >= 15 is 0 Å². The van der Waals surface area contributed by atoms with Crippen LogP contribution < -0.4 is 10.2 Å². The van der Waals surface area contributed by atoms with Crippen molar-refractivity contribution in [3.8, 4) is 0 Å². The Balaban J connectivity index is 2.05. The lowest BCUT2D eigenvalue weighted by atomic mass is 10.1. The first-order chi connectivity index (χ1) is 10.1. The van der Waals surface area contributed by atoms with Crippen molar-refractivity contribution >= 4 is 5.69 Å². The van der Waals surface area contributed by atoms with E-state index in [1.54, 1.807) is 12.1 Å². The maximum atomic E-state index is 13.9. The lowest BCUT2D eigenvalue weighted by molar-refractivity contribution is 0.413. The van der Waals surface area contributed by atoms with Crippen LogP contribution in [0.25, 0.3) is 0 Å². The second-order valence-corrected chi connectivity index (χ2v) is 6.26. The Kier molecular flexibility index (Phi) is 6.00. The van der Waals surface area contributed by atoms with Crippen LogP contribution in [0.5, 0.6) is 0 Å². The highest BCUT2D eigenvalue weighted by Crippen LogP contribution is 2.22. The fourth-order valence-corrected chi connectivity index (χ4v) is 2.43. The van der Waals surface area contributed by atoms with Crippen molar-refractivity contribution in [3.05, 3.63) is 29.6 Å². The van der Waals surface area contributed by atoms with E-state index in [1.165, 1.54) is 12.8 Å². The number of rotatable bonds is 9. The lowest BCUT2D eigenvalue weighted by Crippen LogP contribution is -2.32. The summed E-state index contributed by atoms with van der Waals surface area (Å²) in [6.07, 6.45) is 3.58. The van der Waals surface area contributed by atoms with Crippen molar-refractivity contribution in [2.75, 3.05) is 38.6 Å². The zero-order valence-corrected chi connectivity index (χ0v) is 13.5. The SMILES string of the molecule is CCCN(CCN(C)C)c1cc(F)cc(CNC2CC2)c1. The number of benzene rings is 1. The Bertz CT molecular complexity index is 444. The van der Waals surface area contributed by atoms with Crippen molar-refractivity contribution in [1.82, 2.24) is 10.2 Å². The molecule has 1 aliphatic carbocycles. The summed E-state index contributed by atoms with van der Waals surface area (Å²) in [5, 5.41) is 3.46. The minimum Gasteiger partial charge on any atom is -0.370 e. The third-order valence-electron chi connectivity index (χ3n) is 3.79. The largest absolute Gasteiger partial charge is 0.370 e. The fraction of sp³-hybridized carbons (Fsp3) is 0.647. The average molecular weight is 293 g/mol. The Morgan fingerprint density at radius 2 is 1.90 bits per heavy atom. The molecule has 1 aromatic rings. The van der Waals surface area contributed by atoms with E-state index in [4.69, 9.17) is 0 Å². The van der Waals surface area contributed by atoms with Crippen molar-refractivity contribution in [2.24, 2.45) is 0 Å². The maximum Gasteiger partial charge on any atom is 0.125 e. The van der Waals surface area contributed by atoms with Crippen molar-refractivity contribution in [2.45, 2.75) is 38.8 Å². The van der Waals surface area contributed by atoms with E-state index in [9.17, 15) is 4.39 Å². The van der Waals surface area contributed by atoms with E-state index in [-0.39, 0.29) is 5.82 Å². The standard InChI is InChI=1S/C17H28FN3/c1-4-7-21(9-8-20(2)3)17-11-14(10-15(18)12-17)13-19-16-5-6-16/h10-12,16,19H,4-9,13H2,1-3H3. The normalized spacial score (nSPS) is 14.7. The topological polar surface area (TPSA) is 18.5 Å². The quantitative estimate of drug-likeness (QED) is 0.755. The summed E-state index contributed by atoms with van der Waals surface area (Å²) in [6, 6.07) is 6.09. The molecule has 0 atom stereocenters. The van der Waals surface area contributed by atoms with E-state index in [1.807, 2.05) is 0 Å². The van der Waals surface area contributed by atoms with Gasteiger partial charge in [0.05, 0.1) is 0 Å². The smallest absolute Gasteiger partial charge is 0.125 e. The van der Waals surface area contributed by atoms with E-state index in [0.717, 1.165) is 43.9 Å². The van der Waals surface area contributed by atoms with Crippen molar-refractivity contribution in [3.63, 3.8) is 0 Å². The Hall–Kier alpha value is -1.13. The molecule has 0 aromatic heterocycles. The number of nitrogens with one attached hydrogen (secondary N) is 1. The number of nitrogens with zero attached hydrogens (tertiary/aromatic N) is 2. The van der Waals surface area contributed by atoms with Gasteiger partial charge in [-0.05, 0) is 57.1 Å². The predicted molar refractivity (Wildman–Crippen MR) is 87.3 cm³/mol. The van der Waals surface area contributed by atoms with Crippen molar-refractivity contribution in [1.29, 1.82) is 0 Å². The monoisotopic (exact) mass is 293 g/mol. The van der Waals surface area contributed by atoms with Gasteiger partial charge in [-0.15, -0.1) is 0 Å². The molecule has 0 bridgehead atoms. The second-order valence-electron chi connectivity index (χ2n) is 6.26. The van der Waals surface area contributed by atoms with E-state index in [2.05, 4.69) is 42.2 Å². The van der Waals surface area contributed by atoms with Gasteiger partial charge in [-0.3, -0.25) is 0 Å². The third kappa shape index (κ3) is 5.64. The molecule has 0 heterocycles. The maximum absolute atomic E-state index is 13.9. The summed E-state index contributed by atoms with van der Waals surface area (Å²) < 4.78 is 13.9. The zero-order valence-electron chi connectivity index (χ0n) is 13.5. The van der Waals surface area contributed by atoms with Gasteiger partial charge in [0, 0.05) is 37.9 Å². The molecule has 1 fully saturated rings. The summed E-state index contributed by atoms with van der Waals surface area (Å²) in [5.74, 6) is -0.133. The van der Waals surface area contributed by atoms with Gasteiger partial charge in [-0.2, -0.15) is 0 Å². The summed E-state index contributed by atoms with van der Waals surface area (Å²) >= 11 is 0. The Labute approximate surface area is 128 Å². The molecular weight excluding hydrogens is 265 g/mol. The molecule has 21 heavy (non-hydrogen) atoms. The van der Waals surface area contributed by atoms with Crippen molar-refractivity contribution < 1.29 is 4.39 Å². The zero-order chi connectivity index (χ0) is 15.2.